The van der Waals surface area contributed by atoms with Crippen molar-refractivity contribution in [1.29, 1.82) is 0 Å². The summed E-state index contributed by atoms with van der Waals surface area (Å²) in [5.74, 6) is -0.601. The smallest absolute Gasteiger partial charge is 0.311 e. The van der Waals surface area contributed by atoms with Gasteiger partial charge in [0.15, 0.2) is 5.13 Å². The van der Waals surface area contributed by atoms with E-state index in [2.05, 4.69) is 15.4 Å². The maximum absolute atomic E-state index is 12.3. The number of rotatable bonds is 6. The van der Waals surface area contributed by atoms with E-state index in [0.717, 1.165) is 5.69 Å². The van der Waals surface area contributed by atoms with Crippen LogP contribution in [0.2, 0.25) is 5.02 Å². The third-order valence-electron chi connectivity index (χ3n) is 3.14. The second-order valence-electron chi connectivity index (χ2n) is 4.81. The number of nitrogens with one attached hydrogen (secondary N) is 1. The molecule has 0 aromatic carbocycles. The zero-order valence-corrected chi connectivity index (χ0v) is 14.6. The predicted octanol–water partition coefficient (Wildman–Crippen LogP) is 2.61. The van der Waals surface area contributed by atoms with Crippen LogP contribution < -0.4 is 5.32 Å². The number of anilines is 1. The summed E-state index contributed by atoms with van der Waals surface area (Å²) in [5.41, 5.74) is 1.28. The summed E-state index contributed by atoms with van der Waals surface area (Å²) in [5, 5.41) is 9.46. The Morgan fingerprint density at radius 2 is 2.26 bits per heavy atom. The Hall–Kier alpha value is -1.93. The van der Waals surface area contributed by atoms with Crippen molar-refractivity contribution in [3.63, 3.8) is 0 Å². The van der Waals surface area contributed by atoms with Gasteiger partial charge in [-0.2, -0.15) is 5.10 Å². The number of carbonyl (C=O) groups is 2. The van der Waals surface area contributed by atoms with Crippen LogP contribution in [0.5, 0.6) is 0 Å². The summed E-state index contributed by atoms with van der Waals surface area (Å²) in [6.07, 6.45) is 1.59. The number of carbonyl (C=O) groups excluding carboxylic acids is 2. The van der Waals surface area contributed by atoms with E-state index in [-0.39, 0.29) is 18.3 Å². The molecule has 2 aromatic rings. The van der Waals surface area contributed by atoms with Crippen LogP contribution in [-0.2, 0) is 20.7 Å². The number of halogens is 1. The van der Waals surface area contributed by atoms with Gasteiger partial charge in [-0.05, 0) is 20.8 Å². The van der Waals surface area contributed by atoms with Gasteiger partial charge in [0.05, 0.1) is 35.6 Å². The van der Waals surface area contributed by atoms with Crippen LogP contribution in [-0.4, -0.2) is 33.2 Å². The number of esters is 1. The number of hydrogen-bond acceptors (Lipinski definition) is 6. The highest BCUT2D eigenvalue weighted by molar-refractivity contribution is 7.13. The Labute approximate surface area is 142 Å². The van der Waals surface area contributed by atoms with E-state index in [1.165, 1.54) is 17.5 Å². The molecule has 0 fully saturated rings. The maximum Gasteiger partial charge on any atom is 0.311 e. The molecule has 0 aliphatic rings. The molecule has 1 atom stereocenters. The fourth-order valence-electron chi connectivity index (χ4n) is 1.92. The molecule has 0 radical (unpaired) electrons. The van der Waals surface area contributed by atoms with Crippen LogP contribution >= 0.6 is 22.9 Å². The van der Waals surface area contributed by atoms with Crippen molar-refractivity contribution < 1.29 is 14.3 Å². The minimum atomic E-state index is -0.528. The number of hydrogen-bond donors (Lipinski definition) is 1. The van der Waals surface area contributed by atoms with Gasteiger partial charge in [0.1, 0.15) is 6.04 Å². The van der Waals surface area contributed by atoms with Gasteiger partial charge < -0.3 is 10.1 Å². The third-order valence-corrected chi connectivity index (χ3v) is 4.32. The van der Waals surface area contributed by atoms with E-state index in [0.29, 0.717) is 22.5 Å². The first-order valence-corrected chi connectivity index (χ1v) is 8.28. The molecule has 2 rings (SSSR count). The summed E-state index contributed by atoms with van der Waals surface area (Å²) in [6, 6.07) is -0.528. The van der Waals surface area contributed by atoms with Gasteiger partial charge in [-0.15, -0.1) is 11.3 Å². The molecule has 0 aliphatic heterocycles. The van der Waals surface area contributed by atoms with Gasteiger partial charge >= 0.3 is 5.97 Å². The van der Waals surface area contributed by atoms with Crippen molar-refractivity contribution in [2.45, 2.75) is 33.2 Å². The number of ether oxygens (including phenoxy) is 1. The standard InChI is InChI=1S/C14H17ClN4O3S/c1-4-22-12(20)5-10-7-23-14(17-10)18-13(21)9(3)19-8(2)11(15)6-16-19/h6-7,9H,4-5H2,1-3H3,(H,17,18,21). The third kappa shape index (κ3) is 4.29. The lowest BCUT2D eigenvalue weighted by molar-refractivity contribution is -0.142. The summed E-state index contributed by atoms with van der Waals surface area (Å²) < 4.78 is 6.41. The Bertz CT molecular complexity index is 713. The second kappa shape index (κ2) is 7.56. The lowest BCUT2D eigenvalue weighted by Gasteiger charge is -2.13. The van der Waals surface area contributed by atoms with E-state index in [9.17, 15) is 9.59 Å². The van der Waals surface area contributed by atoms with Crippen LogP contribution in [0.4, 0.5) is 5.13 Å². The molecule has 0 saturated heterocycles. The van der Waals surface area contributed by atoms with Crippen molar-refractivity contribution in [1.82, 2.24) is 14.8 Å². The quantitative estimate of drug-likeness (QED) is 0.804. The average Bonchev–Trinajstić information content (AvgIpc) is 3.06. The minimum absolute atomic E-state index is 0.0869. The van der Waals surface area contributed by atoms with Gasteiger partial charge in [-0.25, -0.2) is 4.98 Å². The predicted molar refractivity (Wildman–Crippen MR) is 87.8 cm³/mol. The largest absolute Gasteiger partial charge is 0.466 e. The van der Waals surface area contributed by atoms with Gasteiger partial charge in [-0.1, -0.05) is 11.6 Å². The first-order chi connectivity index (χ1) is 10.9. The second-order valence-corrected chi connectivity index (χ2v) is 6.08. The van der Waals surface area contributed by atoms with Crippen molar-refractivity contribution >= 4 is 39.9 Å². The molecule has 0 aliphatic carbocycles. The fraction of sp³-hybridized carbons (Fsp3) is 0.429. The molecule has 1 unspecified atom stereocenters. The minimum Gasteiger partial charge on any atom is -0.466 e. The SMILES string of the molecule is CCOC(=O)Cc1csc(NC(=O)C(C)n2ncc(Cl)c2C)n1. The molecule has 23 heavy (non-hydrogen) atoms. The molecule has 1 amide bonds. The first-order valence-electron chi connectivity index (χ1n) is 7.02. The highest BCUT2D eigenvalue weighted by Crippen LogP contribution is 2.21. The summed E-state index contributed by atoms with van der Waals surface area (Å²) >= 11 is 7.20. The van der Waals surface area contributed by atoms with Gasteiger partial charge in [0, 0.05) is 5.38 Å². The van der Waals surface area contributed by atoms with E-state index in [1.807, 2.05) is 0 Å². The Balaban J connectivity index is 1.99. The Morgan fingerprint density at radius 3 is 2.87 bits per heavy atom. The molecule has 0 saturated carbocycles. The lowest BCUT2D eigenvalue weighted by atomic mass is 10.3. The highest BCUT2D eigenvalue weighted by atomic mass is 35.5. The van der Waals surface area contributed by atoms with Crippen molar-refractivity contribution in [3.05, 3.63) is 28.0 Å². The fourth-order valence-corrected chi connectivity index (χ4v) is 2.76. The van der Waals surface area contributed by atoms with Crippen LogP contribution in [0, 0.1) is 6.92 Å². The lowest BCUT2D eigenvalue weighted by Crippen LogP contribution is -2.25. The molecule has 124 valence electrons. The number of aromatic nitrogens is 3. The molecule has 9 heteroatoms. The number of amides is 1. The topological polar surface area (TPSA) is 86.1 Å². The van der Waals surface area contributed by atoms with E-state index in [4.69, 9.17) is 16.3 Å². The van der Waals surface area contributed by atoms with Crippen molar-refractivity contribution in [2.75, 3.05) is 11.9 Å². The molecule has 7 nitrogen and oxygen atoms in total. The monoisotopic (exact) mass is 356 g/mol. The highest BCUT2D eigenvalue weighted by Gasteiger charge is 2.20. The molecule has 0 spiro atoms. The average molecular weight is 357 g/mol. The van der Waals surface area contributed by atoms with Crippen molar-refractivity contribution in [3.8, 4) is 0 Å². The summed E-state index contributed by atoms with van der Waals surface area (Å²) in [6.45, 7) is 5.59. The van der Waals surface area contributed by atoms with Crippen LogP contribution in [0.1, 0.15) is 31.3 Å². The number of nitrogens with zero attached hydrogens (tertiary/aromatic N) is 3. The van der Waals surface area contributed by atoms with Crippen molar-refractivity contribution in [2.24, 2.45) is 0 Å². The molecule has 0 bridgehead atoms. The molecule has 1 N–H and O–H groups in total. The zero-order valence-electron chi connectivity index (χ0n) is 13.0. The number of thiazole rings is 1. The molecule has 2 heterocycles. The van der Waals surface area contributed by atoms with Crippen LogP contribution in [0.3, 0.4) is 0 Å². The molecular formula is C14H17ClN4O3S. The zero-order chi connectivity index (χ0) is 17.0. The molecular weight excluding hydrogens is 340 g/mol. The van der Waals surface area contributed by atoms with Crippen LogP contribution in [0.15, 0.2) is 11.6 Å². The Kier molecular flexibility index (Phi) is 5.73. The van der Waals surface area contributed by atoms with E-state index >= 15 is 0 Å². The van der Waals surface area contributed by atoms with E-state index < -0.39 is 6.04 Å². The van der Waals surface area contributed by atoms with Gasteiger partial charge in [0.2, 0.25) is 0 Å². The first kappa shape index (κ1) is 17.4. The summed E-state index contributed by atoms with van der Waals surface area (Å²) in [4.78, 5) is 27.9. The van der Waals surface area contributed by atoms with Gasteiger partial charge in [-0.3, -0.25) is 14.3 Å². The van der Waals surface area contributed by atoms with Crippen LogP contribution in [0.25, 0.3) is 0 Å². The summed E-state index contributed by atoms with van der Waals surface area (Å²) in [7, 11) is 0. The van der Waals surface area contributed by atoms with E-state index in [1.54, 1.807) is 30.8 Å². The maximum atomic E-state index is 12.3. The molecule has 2 aromatic heterocycles. The van der Waals surface area contributed by atoms with Gasteiger partial charge in [0.25, 0.3) is 5.91 Å². The normalized spacial score (nSPS) is 12.0. The Morgan fingerprint density at radius 1 is 1.52 bits per heavy atom.